The topological polar surface area (TPSA) is 0 Å². The highest BCUT2D eigenvalue weighted by atomic mass is 32.2. The maximum Gasteiger partial charge on any atom is 0.0268 e. The summed E-state index contributed by atoms with van der Waals surface area (Å²) in [5.74, 6) is 0. The number of benzene rings is 4. The Morgan fingerprint density at radius 1 is 0.385 bits per heavy atom. The van der Waals surface area contributed by atoms with E-state index in [1.807, 2.05) is 23.5 Å². The highest BCUT2D eigenvalue weighted by molar-refractivity contribution is 8.02. The summed E-state index contributed by atoms with van der Waals surface area (Å²) in [7, 11) is 0. The van der Waals surface area contributed by atoms with Crippen LogP contribution in [0.4, 0.5) is 0 Å². The molecule has 0 bridgehead atoms. The molecule has 0 heterocycles. The summed E-state index contributed by atoms with van der Waals surface area (Å²) in [6.07, 6.45) is 0. The molecule has 0 N–H and O–H groups in total. The molecule has 126 valence electrons. The molecular formula is C24H18S2. The molecule has 2 heteroatoms. The molecule has 4 aromatic rings. The largest absolute Gasteiger partial charge is 0.0889 e. The Kier molecular flexibility index (Phi) is 5.44. The highest BCUT2D eigenvalue weighted by Gasteiger charge is 2.09. The van der Waals surface area contributed by atoms with Crippen LogP contribution in [0.5, 0.6) is 0 Å². The summed E-state index contributed by atoms with van der Waals surface area (Å²) < 4.78 is 0. The van der Waals surface area contributed by atoms with Crippen LogP contribution in [0.3, 0.4) is 0 Å². The molecule has 0 saturated carbocycles. The van der Waals surface area contributed by atoms with Crippen molar-refractivity contribution >= 4 is 23.5 Å². The van der Waals surface area contributed by atoms with Crippen molar-refractivity contribution < 1.29 is 0 Å². The normalized spacial score (nSPS) is 10.6. The second kappa shape index (κ2) is 8.31. The smallest absolute Gasteiger partial charge is 0.0268 e. The van der Waals surface area contributed by atoms with Gasteiger partial charge in [0.2, 0.25) is 0 Å². The molecule has 0 aliphatic carbocycles. The third kappa shape index (κ3) is 4.21. The minimum absolute atomic E-state index is 1.25. The molecule has 0 amide bonds. The molecule has 0 aliphatic heterocycles. The summed E-state index contributed by atoms with van der Waals surface area (Å²) in [5, 5.41) is 0. The van der Waals surface area contributed by atoms with Gasteiger partial charge in [-0.25, -0.2) is 0 Å². The van der Waals surface area contributed by atoms with Crippen LogP contribution in [-0.2, 0) is 0 Å². The molecule has 0 saturated heterocycles. The van der Waals surface area contributed by atoms with E-state index in [9.17, 15) is 0 Å². The first-order chi connectivity index (χ1) is 12.9. The van der Waals surface area contributed by atoms with Crippen LogP contribution in [0.15, 0.2) is 129 Å². The van der Waals surface area contributed by atoms with Gasteiger partial charge in [-0.2, -0.15) is 0 Å². The quantitative estimate of drug-likeness (QED) is 0.354. The van der Waals surface area contributed by atoms with Gasteiger partial charge in [0.25, 0.3) is 0 Å². The molecule has 4 aromatic carbocycles. The van der Waals surface area contributed by atoms with Crippen LogP contribution < -0.4 is 0 Å². The summed E-state index contributed by atoms with van der Waals surface area (Å²) in [6, 6.07) is 38.4. The Morgan fingerprint density at radius 3 is 1.46 bits per heavy atom. The molecule has 4 rings (SSSR count). The first kappa shape index (κ1) is 17.0. The average Bonchev–Trinajstić information content (AvgIpc) is 2.71. The maximum atomic E-state index is 2.30. The fourth-order valence-electron chi connectivity index (χ4n) is 2.71. The zero-order valence-corrected chi connectivity index (χ0v) is 15.8. The Labute approximate surface area is 163 Å². The van der Waals surface area contributed by atoms with Crippen molar-refractivity contribution in [2.24, 2.45) is 0 Å². The van der Waals surface area contributed by atoms with Crippen LogP contribution in [0.25, 0.3) is 11.1 Å². The van der Waals surface area contributed by atoms with E-state index in [1.165, 1.54) is 30.7 Å². The Morgan fingerprint density at radius 2 is 0.885 bits per heavy atom. The van der Waals surface area contributed by atoms with E-state index >= 15 is 0 Å². The molecule has 0 spiro atoms. The molecule has 0 nitrogen and oxygen atoms in total. The lowest BCUT2D eigenvalue weighted by molar-refractivity contribution is 1.23. The van der Waals surface area contributed by atoms with Gasteiger partial charge in [0.15, 0.2) is 0 Å². The lowest BCUT2D eigenvalue weighted by Crippen LogP contribution is -1.84. The van der Waals surface area contributed by atoms with Crippen molar-refractivity contribution in [2.75, 3.05) is 0 Å². The van der Waals surface area contributed by atoms with Gasteiger partial charge in [0, 0.05) is 19.6 Å². The van der Waals surface area contributed by atoms with Crippen LogP contribution in [0.2, 0.25) is 0 Å². The lowest BCUT2D eigenvalue weighted by atomic mass is 10.1. The predicted octanol–water partition coefficient (Wildman–Crippen LogP) is 7.66. The molecule has 0 fully saturated rings. The summed E-state index contributed by atoms with van der Waals surface area (Å²) in [4.78, 5) is 5.08. The van der Waals surface area contributed by atoms with E-state index in [0.717, 1.165) is 0 Å². The summed E-state index contributed by atoms with van der Waals surface area (Å²) >= 11 is 3.64. The highest BCUT2D eigenvalue weighted by Crippen LogP contribution is 2.40. The minimum Gasteiger partial charge on any atom is -0.0889 e. The Balaban J connectivity index is 1.72. The van der Waals surface area contributed by atoms with Crippen LogP contribution in [0.1, 0.15) is 0 Å². The molecule has 0 atom stereocenters. The van der Waals surface area contributed by atoms with E-state index < -0.39 is 0 Å². The second-order valence-corrected chi connectivity index (χ2v) is 8.09. The molecule has 0 unspecified atom stereocenters. The fraction of sp³-hybridized carbons (Fsp3) is 0. The van der Waals surface area contributed by atoms with Gasteiger partial charge in [-0.05, 0) is 47.5 Å². The molecule has 26 heavy (non-hydrogen) atoms. The first-order valence-electron chi connectivity index (χ1n) is 8.54. The van der Waals surface area contributed by atoms with Crippen molar-refractivity contribution in [1.82, 2.24) is 0 Å². The molecular weight excluding hydrogens is 352 g/mol. The summed E-state index contributed by atoms with van der Waals surface area (Å²) in [5.41, 5.74) is 2.50. The van der Waals surface area contributed by atoms with Gasteiger partial charge in [0.05, 0.1) is 0 Å². The predicted molar refractivity (Wildman–Crippen MR) is 113 cm³/mol. The standard InChI is InChI=1S/C24H18S2/c1-4-10-19(11-5-1)20-16-17-23(25-21-12-6-2-7-13-21)24(18-20)26-22-14-8-3-9-15-22/h1-18H. The van der Waals surface area contributed by atoms with Crippen molar-refractivity contribution in [1.29, 1.82) is 0 Å². The van der Waals surface area contributed by atoms with Crippen LogP contribution in [0, 0.1) is 0 Å². The number of hydrogen-bond acceptors (Lipinski definition) is 2. The maximum absolute atomic E-state index is 2.30. The minimum atomic E-state index is 1.25. The average molecular weight is 371 g/mol. The molecule has 0 aromatic heterocycles. The Hall–Kier alpha value is -2.42. The third-order valence-electron chi connectivity index (χ3n) is 3.99. The molecule has 0 aliphatic rings. The van der Waals surface area contributed by atoms with Crippen molar-refractivity contribution in [2.45, 2.75) is 19.6 Å². The van der Waals surface area contributed by atoms with E-state index in [1.54, 1.807) is 0 Å². The lowest BCUT2D eigenvalue weighted by Gasteiger charge is -2.12. The first-order valence-corrected chi connectivity index (χ1v) is 10.2. The van der Waals surface area contributed by atoms with Gasteiger partial charge >= 0.3 is 0 Å². The van der Waals surface area contributed by atoms with Gasteiger partial charge in [0.1, 0.15) is 0 Å². The monoisotopic (exact) mass is 370 g/mol. The zero-order valence-electron chi connectivity index (χ0n) is 14.2. The van der Waals surface area contributed by atoms with E-state index in [0.29, 0.717) is 0 Å². The van der Waals surface area contributed by atoms with Crippen molar-refractivity contribution in [3.05, 3.63) is 109 Å². The van der Waals surface area contributed by atoms with E-state index in [4.69, 9.17) is 0 Å². The zero-order chi connectivity index (χ0) is 17.6. The summed E-state index contributed by atoms with van der Waals surface area (Å²) in [6.45, 7) is 0. The van der Waals surface area contributed by atoms with Gasteiger partial charge in [-0.3, -0.25) is 0 Å². The number of rotatable bonds is 5. The van der Waals surface area contributed by atoms with Crippen LogP contribution in [-0.4, -0.2) is 0 Å². The second-order valence-electron chi connectivity index (χ2n) is 5.86. The van der Waals surface area contributed by atoms with E-state index in [2.05, 4.69) is 109 Å². The van der Waals surface area contributed by atoms with Gasteiger partial charge in [-0.15, -0.1) is 0 Å². The van der Waals surface area contributed by atoms with Crippen LogP contribution >= 0.6 is 23.5 Å². The van der Waals surface area contributed by atoms with Gasteiger partial charge < -0.3 is 0 Å². The number of hydrogen-bond donors (Lipinski definition) is 0. The van der Waals surface area contributed by atoms with E-state index in [-0.39, 0.29) is 0 Å². The molecule has 0 radical (unpaired) electrons. The Bertz CT molecular complexity index is 965. The van der Waals surface area contributed by atoms with Crippen molar-refractivity contribution in [3.8, 4) is 11.1 Å². The van der Waals surface area contributed by atoms with Gasteiger partial charge in [-0.1, -0.05) is 96.3 Å². The third-order valence-corrected chi connectivity index (χ3v) is 6.27. The SMILES string of the molecule is c1ccc(Sc2ccc(-c3ccccc3)cc2Sc2ccccc2)cc1. The van der Waals surface area contributed by atoms with Crippen molar-refractivity contribution in [3.63, 3.8) is 0 Å². The fourth-order valence-corrected chi connectivity index (χ4v) is 4.71.